The summed E-state index contributed by atoms with van der Waals surface area (Å²) in [5.41, 5.74) is 0. The highest BCUT2D eigenvalue weighted by molar-refractivity contribution is 5.87. The van der Waals surface area contributed by atoms with E-state index in [-0.39, 0.29) is 0 Å². The summed E-state index contributed by atoms with van der Waals surface area (Å²) in [4.78, 5) is 26.5. The quantitative estimate of drug-likeness (QED) is 0.329. The van der Waals surface area contributed by atoms with E-state index in [1.807, 2.05) is 0 Å². The van der Waals surface area contributed by atoms with Crippen LogP contribution in [0.5, 0.6) is 0 Å². The van der Waals surface area contributed by atoms with Gasteiger partial charge in [-0.05, 0) is 12.2 Å². The van der Waals surface area contributed by atoms with Crippen molar-refractivity contribution in [1.29, 1.82) is 0 Å². The van der Waals surface area contributed by atoms with Gasteiger partial charge in [-0.1, -0.05) is 13.2 Å². The fraction of sp³-hybridized carbons (Fsp3) is 0.250. The van der Waals surface area contributed by atoms with Crippen molar-refractivity contribution in [2.45, 2.75) is 0 Å². The molecule has 0 aromatic carbocycles. The molecule has 0 aromatic heterocycles. The van der Waals surface area contributed by atoms with Crippen LogP contribution in [0, 0.1) is 0 Å². The molecule has 7 heteroatoms. The molecule has 0 unspecified atom stereocenters. The van der Waals surface area contributed by atoms with Crippen LogP contribution in [0.2, 0.25) is 0 Å². The molecular weight excluding hydrogens is 204 g/mol. The summed E-state index contributed by atoms with van der Waals surface area (Å²) >= 11 is 0. The highest BCUT2D eigenvalue weighted by Crippen LogP contribution is 1.98. The van der Waals surface area contributed by atoms with E-state index in [0.29, 0.717) is 10.1 Å². The number of hydrogen-bond donors (Lipinski definition) is 2. The smallest absolute Gasteiger partial charge is 0.273 e. The third-order valence-electron chi connectivity index (χ3n) is 1.29. The Morgan fingerprint density at radius 2 is 1.40 bits per heavy atom. The molecule has 0 saturated heterocycles. The van der Waals surface area contributed by atoms with Gasteiger partial charge in [-0.25, -0.2) is 0 Å². The molecule has 0 aliphatic rings. The van der Waals surface area contributed by atoms with Gasteiger partial charge in [0.05, 0.1) is 0 Å². The van der Waals surface area contributed by atoms with Crippen LogP contribution in [-0.2, 0) is 14.5 Å². The highest BCUT2D eigenvalue weighted by Gasteiger charge is 2.17. The Balaban J connectivity index is 4.49. The predicted octanol–water partition coefficient (Wildman–Crippen LogP) is -1.24. The molecule has 0 saturated carbocycles. The summed E-state index contributed by atoms with van der Waals surface area (Å²) in [5.74, 6) is -1.51. The highest BCUT2D eigenvalue weighted by atomic mass is 16.9. The molecule has 0 fully saturated rings. The van der Waals surface area contributed by atoms with Crippen molar-refractivity contribution in [3.8, 4) is 0 Å². The molecule has 0 rings (SSSR count). The SMILES string of the molecule is C=CC(=O)N(CO)ON(CO)C(=O)C=C. The first-order chi connectivity index (χ1) is 7.10. The van der Waals surface area contributed by atoms with E-state index >= 15 is 0 Å². The van der Waals surface area contributed by atoms with Crippen LogP contribution in [0.15, 0.2) is 25.3 Å². The second-order valence-electron chi connectivity index (χ2n) is 2.21. The number of aliphatic hydroxyl groups is 2. The number of hydroxylamine groups is 4. The molecule has 7 nitrogen and oxygen atoms in total. The number of aliphatic hydroxyl groups excluding tert-OH is 2. The molecule has 2 N–H and O–H groups in total. The number of rotatable bonds is 6. The van der Waals surface area contributed by atoms with Gasteiger partial charge in [0.2, 0.25) is 0 Å². The molecule has 0 aromatic rings. The van der Waals surface area contributed by atoms with Gasteiger partial charge in [0.1, 0.15) is 13.5 Å². The van der Waals surface area contributed by atoms with Gasteiger partial charge in [-0.3, -0.25) is 9.59 Å². The summed E-state index contributed by atoms with van der Waals surface area (Å²) in [6.45, 7) is 4.75. The number of amides is 2. The molecule has 15 heavy (non-hydrogen) atoms. The fourth-order valence-electron chi connectivity index (χ4n) is 0.594. The van der Waals surface area contributed by atoms with Crippen molar-refractivity contribution < 1.29 is 24.7 Å². The van der Waals surface area contributed by atoms with Crippen molar-refractivity contribution in [3.63, 3.8) is 0 Å². The van der Waals surface area contributed by atoms with Gasteiger partial charge in [0.25, 0.3) is 11.8 Å². The lowest BCUT2D eigenvalue weighted by molar-refractivity contribution is -0.321. The van der Waals surface area contributed by atoms with Crippen LogP contribution >= 0.6 is 0 Å². The minimum Gasteiger partial charge on any atom is -0.374 e. The van der Waals surface area contributed by atoms with Crippen LogP contribution in [0.1, 0.15) is 0 Å². The van der Waals surface area contributed by atoms with E-state index in [1.165, 1.54) is 0 Å². The van der Waals surface area contributed by atoms with Crippen LogP contribution in [0.3, 0.4) is 0 Å². The van der Waals surface area contributed by atoms with Crippen molar-refractivity contribution in [1.82, 2.24) is 10.1 Å². The van der Waals surface area contributed by atoms with E-state index in [0.717, 1.165) is 12.2 Å². The van der Waals surface area contributed by atoms with E-state index < -0.39 is 25.3 Å². The molecule has 0 aliphatic heterocycles. The fourth-order valence-corrected chi connectivity index (χ4v) is 0.594. The van der Waals surface area contributed by atoms with E-state index in [2.05, 4.69) is 18.1 Å². The summed E-state index contributed by atoms with van der Waals surface area (Å²) in [6, 6.07) is 0. The number of nitrogens with zero attached hydrogens (tertiary/aromatic N) is 2. The Labute approximate surface area is 86.4 Å². The van der Waals surface area contributed by atoms with E-state index in [4.69, 9.17) is 10.2 Å². The molecule has 2 amide bonds. The molecule has 0 spiro atoms. The maximum atomic E-state index is 11.0. The molecule has 0 atom stereocenters. The molecule has 0 aliphatic carbocycles. The first-order valence-corrected chi connectivity index (χ1v) is 3.88. The maximum absolute atomic E-state index is 11.0. The monoisotopic (exact) mass is 216 g/mol. The largest absolute Gasteiger partial charge is 0.374 e. The van der Waals surface area contributed by atoms with Crippen molar-refractivity contribution in [2.75, 3.05) is 13.5 Å². The van der Waals surface area contributed by atoms with E-state index in [9.17, 15) is 9.59 Å². The zero-order valence-corrected chi connectivity index (χ0v) is 8.00. The van der Waals surface area contributed by atoms with Crippen LogP contribution in [0.25, 0.3) is 0 Å². The first-order valence-electron chi connectivity index (χ1n) is 3.88. The second kappa shape index (κ2) is 6.71. The zero-order chi connectivity index (χ0) is 11.8. The van der Waals surface area contributed by atoms with Crippen LogP contribution in [-0.4, -0.2) is 45.6 Å². The Morgan fingerprint density at radius 3 is 1.60 bits per heavy atom. The van der Waals surface area contributed by atoms with Gasteiger partial charge < -0.3 is 10.2 Å². The van der Waals surface area contributed by atoms with E-state index in [1.54, 1.807) is 0 Å². The molecule has 0 radical (unpaired) electrons. The van der Waals surface area contributed by atoms with Crippen LogP contribution in [0.4, 0.5) is 0 Å². The maximum Gasteiger partial charge on any atom is 0.273 e. The molecule has 84 valence electrons. The summed E-state index contributed by atoms with van der Waals surface area (Å²) in [7, 11) is 0. The average molecular weight is 216 g/mol. The minimum atomic E-state index is -0.786. The molecular formula is C8H12N2O5. The lowest BCUT2D eigenvalue weighted by atomic mass is 10.6. The first kappa shape index (κ1) is 13.3. The van der Waals surface area contributed by atoms with Gasteiger partial charge in [-0.15, -0.1) is 4.94 Å². The van der Waals surface area contributed by atoms with Crippen molar-refractivity contribution in [3.05, 3.63) is 25.3 Å². The third-order valence-corrected chi connectivity index (χ3v) is 1.29. The standard InChI is InChI=1S/C8H12N2O5/c1-3-7(13)9(5-11)15-10(6-12)8(14)4-2/h3-4,11-12H,1-2,5-6H2. The van der Waals surface area contributed by atoms with Gasteiger partial charge >= 0.3 is 0 Å². The van der Waals surface area contributed by atoms with Crippen molar-refractivity contribution >= 4 is 11.8 Å². The van der Waals surface area contributed by atoms with Crippen molar-refractivity contribution in [2.24, 2.45) is 0 Å². The topological polar surface area (TPSA) is 90.3 Å². The third kappa shape index (κ3) is 3.90. The summed E-state index contributed by atoms with van der Waals surface area (Å²) in [5, 5.41) is 18.3. The summed E-state index contributed by atoms with van der Waals surface area (Å²) < 4.78 is 0. The lowest BCUT2D eigenvalue weighted by Crippen LogP contribution is -2.41. The minimum absolute atomic E-state index is 0.435. The predicted molar refractivity (Wildman–Crippen MR) is 49.3 cm³/mol. The van der Waals surface area contributed by atoms with Gasteiger partial charge in [-0.2, -0.15) is 10.1 Å². The second-order valence-corrected chi connectivity index (χ2v) is 2.21. The lowest BCUT2D eigenvalue weighted by Gasteiger charge is -2.23. The molecule has 0 heterocycles. The number of carbonyl (C=O) groups excluding carboxylic acids is 2. The Hall–Kier alpha value is -1.70. The van der Waals surface area contributed by atoms with Gasteiger partial charge in [0, 0.05) is 0 Å². The number of carbonyl (C=O) groups is 2. The van der Waals surface area contributed by atoms with Crippen LogP contribution < -0.4 is 0 Å². The van der Waals surface area contributed by atoms with Gasteiger partial charge in [0.15, 0.2) is 0 Å². The molecule has 0 bridgehead atoms. The normalized spacial score (nSPS) is 9.20. The zero-order valence-electron chi connectivity index (χ0n) is 8.00. The average Bonchev–Trinajstić information content (AvgIpc) is 2.28. The summed E-state index contributed by atoms with van der Waals surface area (Å²) in [6.07, 6.45) is 1.76. The Bertz CT molecular complexity index is 240. The Kier molecular flexibility index (Phi) is 5.95. The Morgan fingerprint density at radius 1 is 1.07 bits per heavy atom. The number of hydrogen-bond acceptors (Lipinski definition) is 5.